The number of benzene rings is 1. The molecule has 4 rings (SSSR count). The van der Waals surface area contributed by atoms with Gasteiger partial charge in [-0.3, -0.25) is 0 Å². The lowest BCUT2D eigenvalue weighted by molar-refractivity contribution is -0.0236. The zero-order valence-corrected chi connectivity index (χ0v) is 17.7. The molecule has 1 nitrogen and oxygen atoms in total. The zero-order chi connectivity index (χ0) is 18.6. The maximum Gasteiger partial charge on any atom is 0.0578 e. The third-order valence-corrected chi connectivity index (χ3v) is 7.91. The van der Waals surface area contributed by atoms with Gasteiger partial charge >= 0.3 is 0 Å². The van der Waals surface area contributed by atoms with E-state index in [0.717, 1.165) is 36.7 Å². The molecule has 0 bridgehead atoms. The minimum atomic E-state index is 0.571. The number of fused-ring (bicyclic) bond motifs is 2. The van der Waals surface area contributed by atoms with Crippen LogP contribution < -0.4 is 0 Å². The van der Waals surface area contributed by atoms with Gasteiger partial charge < -0.3 is 4.74 Å². The summed E-state index contributed by atoms with van der Waals surface area (Å²) in [7, 11) is 0. The van der Waals surface area contributed by atoms with Gasteiger partial charge in [0.25, 0.3) is 0 Å². The Morgan fingerprint density at radius 2 is 1.59 bits per heavy atom. The summed E-state index contributed by atoms with van der Waals surface area (Å²) < 4.78 is 6.09. The number of ether oxygens (including phenoxy) is 1. The Morgan fingerprint density at radius 3 is 2.41 bits per heavy atom. The summed E-state index contributed by atoms with van der Waals surface area (Å²) >= 11 is 0. The molecular weight excluding hydrogens is 328 g/mol. The molecule has 2 fully saturated rings. The lowest BCUT2D eigenvalue weighted by Gasteiger charge is -2.45. The van der Waals surface area contributed by atoms with Crippen molar-refractivity contribution in [3.63, 3.8) is 0 Å². The fourth-order valence-electron chi connectivity index (χ4n) is 6.43. The molecule has 150 valence electrons. The highest BCUT2D eigenvalue weighted by molar-refractivity contribution is 5.34. The van der Waals surface area contributed by atoms with Crippen molar-refractivity contribution in [3.8, 4) is 0 Å². The summed E-state index contributed by atoms with van der Waals surface area (Å²) in [6.45, 7) is 5.48. The van der Waals surface area contributed by atoms with Crippen LogP contribution in [0.2, 0.25) is 0 Å². The molecule has 2 saturated carbocycles. The first-order chi connectivity index (χ1) is 13.3. The second-order valence-corrected chi connectivity index (χ2v) is 9.76. The van der Waals surface area contributed by atoms with Crippen molar-refractivity contribution in [2.75, 3.05) is 6.61 Å². The molecule has 3 aliphatic rings. The van der Waals surface area contributed by atoms with Gasteiger partial charge in [-0.05, 0) is 111 Å². The van der Waals surface area contributed by atoms with Gasteiger partial charge in [0.2, 0.25) is 0 Å². The Balaban J connectivity index is 1.32. The van der Waals surface area contributed by atoms with Gasteiger partial charge in [-0.1, -0.05) is 38.5 Å². The minimum Gasteiger partial charge on any atom is -0.378 e. The monoisotopic (exact) mass is 368 g/mol. The predicted octanol–water partition coefficient (Wildman–Crippen LogP) is 6.76. The molecule has 5 atom stereocenters. The van der Waals surface area contributed by atoms with E-state index >= 15 is 0 Å². The molecule has 27 heavy (non-hydrogen) atoms. The third-order valence-electron chi connectivity index (χ3n) is 7.91. The summed E-state index contributed by atoms with van der Waals surface area (Å²) in [4.78, 5) is 0. The van der Waals surface area contributed by atoms with Gasteiger partial charge in [0.15, 0.2) is 0 Å². The first kappa shape index (κ1) is 19.5. The van der Waals surface area contributed by atoms with Crippen LogP contribution in [0.15, 0.2) is 18.2 Å². The number of aryl methyl sites for hydroxylation is 2. The van der Waals surface area contributed by atoms with Crippen molar-refractivity contribution in [3.05, 3.63) is 34.9 Å². The highest BCUT2D eigenvalue weighted by atomic mass is 16.5. The first-order valence-corrected chi connectivity index (χ1v) is 12.0. The van der Waals surface area contributed by atoms with Crippen molar-refractivity contribution < 1.29 is 4.74 Å². The maximum atomic E-state index is 6.09. The van der Waals surface area contributed by atoms with E-state index in [-0.39, 0.29) is 0 Å². The standard InChI is InChI=1S/C26H40O/c1-3-5-19-6-7-21-16-22(9-8-20(21)15-19)23-10-11-25-18-26(27-14-4-2)13-12-24(25)17-23/h6-7,15,22-26H,3-5,8-14,16-18H2,1-2H3/t22?,23?,24-,25?,26-/m1/s1. The Labute approximate surface area is 167 Å². The molecule has 0 spiro atoms. The average molecular weight is 369 g/mol. The molecule has 0 N–H and O–H groups in total. The Bertz CT molecular complexity index is 606. The third kappa shape index (κ3) is 4.61. The van der Waals surface area contributed by atoms with Crippen LogP contribution in [0.4, 0.5) is 0 Å². The summed E-state index contributed by atoms with van der Waals surface area (Å²) in [6.07, 6.45) is 16.9. The molecule has 3 aliphatic carbocycles. The molecule has 0 radical (unpaired) electrons. The summed E-state index contributed by atoms with van der Waals surface area (Å²) in [6, 6.07) is 7.39. The topological polar surface area (TPSA) is 9.23 Å². The Hall–Kier alpha value is -0.820. The Kier molecular flexibility index (Phi) is 6.58. The number of rotatable bonds is 6. The lowest BCUT2D eigenvalue weighted by atomic mass is 9.62. The molecule has 0 aromatic heterocycles. The van der Waals surface area contributed by atoms with Crippen LogP contribution in [0, 0.1) is 23.7 Å². The van der Waals surface area contributed by atoms with E-state index in [1.54, 1.807) is 16.7 Å². The second-order valence-electron chi connectivity index (χ2n) is 9.76. The Morgan fingerprint density at radius 1 is 0.815 bits per heavy atom. The van der Waals surface area contributed by atoms with E-state index in [2.05, 4.69) is 32.0 Å². The van der Waals surface area contributed by atoms with Gasteiger partial charge in [0.05, 0.1) is 6.10 Å². The summed E-state index contributed by atoms with van der Waals surface area (Å²) in [5.74, 6) is 3.90. The van der Waals surface area contributed by atoms with E-state index in [9.17, 15) is 0 Å². The molecule has 1 aromatic rings. The van der Waals surface area contributed by atoms with Crippen molar-refractivity contribution in [2.45, 2.75) is 97.0 Å². The fraction of sp³-hybridized carbons (Fsp3) is 0.769. The SMILES string of the molecule is CCCO[C@@H]1CC[C@@H]2CC(C3CCc4cc(CCC)ccc4C3)CCC2C1. The van der Waals surface area contributed by atoms with E-state index in [1.165, 1.54) is 70.6 Å². The largest absolute Gasteiger partial charge is 0.378 e. The van der Waals surface area contributed by atoms with Crippen LogP contribution in [-0.2, 0) is 24.0 Å². The van der Waals surface area contributed by atoms with Crippen LogP contribution in [-0.4, -0.2) is 12.7 Å². The normalized spacial score (nSPS) is 33.3. The van der Waals surface area contributed by atoms with Crippen LogP contribution >= 0.6 is 0 Å². The van der Waals surface area contributed by atoms with Gasteiger partial charge in [0, 0.05) is 6.61 Å². The molecule has 1 aromatic carbocycles. The van der Waals surface area contributed by atoms with Crippen molar-refractivity contribution in [1.82, 2.24) is 0 Å². The predicted molar refractivity (Wildman–Crippen MR) is 114 cm³/mol. The molecule has 0 aliphatic heterocycles. The van der Waals surface area contributed by atoms with Gasteiger partial charge in [-0.25, -0.2) is 0 Å². The van der Waals surface area contributed by atoms with Crippen LogP contribution in [0.5, 0.6) is 0 Å². The number of hydrogen-bond donors (Lipinski definition) is 0. The first-order valence-electron chi connectivity index (χ1n) is 12.0. The molecule has 0 amide bonds. The van der Waals surface area contributed by atoms with Crippen LogP contribution in [0.25, 0.3) is 0 Å². The number of hydrogen-bond acceptors (Lipinski definition) is 1. The highest BCUT2D eigenvalue weighted by Crippen LogP contribution is 2.47. The molecule has 1 heteroatoms. The van der Waals surface area contributed by atoms with E-state index in [0.29, 0.717) is 6.10 Å². The quantitative estimate of drug-likeness (QED) is 0.539. The summed E-state index contributed by atoms with van der Waals surface area (Å²) in [5.41, 5.74) is 4.89. The lowest BCUT2D eigenvalue weighted by Crippen LogP contribution is -2.37. The summed E-state index contributed by atoms with van der Waals surface area (Å²) in [5, 5.41) is 0. The molecule has 3 unspecified atom stereocenters. The fourth-order valence-corrected chi connectivity index (χ4v) is 6.43. The molecule has 0 saturated heterocycles. The van der Waals surface area contributed by atoms with E-state index in [1.807, 2.05) is 0 Å². The molecule has 0 heterocycles. The molecular formula is C26H40O. The van der Waals surface area contributed by atoms with Crippen molar-refractivity contribution in [1.29, 1.82) is 0 Å². The maximum absolute atomic E-state index is 6.09. The zero-order valence-electron chi connectivity index (χ0n) is 17.7. The van der Waals surface area contributed by atoms with Crippen molar-refractivity contribution in [2.24, 2.45) is 23.7 Å². The smallest absolute Gasteiger partial charge is 0.0578 e. The van der Waals surface area contributed by atoms with Gasteiger partial charge in [-0.2, -0.15) is 0 Å². The highest BCUT2D eigenvalue weighted by Gasteiger charge is 2.38. The minimum absolute atomic E-state index is 0.571. The average Bonchev–Trinajstić information content (AvgIpc) is 2.71. The van der Waals surface area contributed by atoms with Gasteiger partial charge in [-0.15, -0.1) is 0 Å². The van der Waals surface area contributed by atoms with Crippen molar-refractivity contribution >= 4 is 0 Å². The van der Waals surface area contributed by atoms with E-state index in [4.69, 9.17) is 4.74 Å². The second kappa shape index (κ2) is 9.12. The van der Waals surface area contributed by atoms with Crippen LogP contribution in [0.3, 0.4) is 0 Å². The van der Waals surface area contributed by atoms with E-state index < -0.39 is 0 Å². The van der Waals surface area contributed by atoms with Crippen LogP contribution in [0.1, 0.15) is 88.3 Å². The van der Waals surface area contributed by atoms with Gasteiger partial charge in [0.1, 0.15) is 0 Å².